The number of carbonyl (C=O) groups is 1. The van der Waals surface area contributed by atoms with Crippen LogP contribution in [-0.2, 0) is 14.4 Å². The number of carbonyl (C=O) groups excluding carboxylic acids is 1. The van der Waals surface area contributed by atoms with Gasteiger partial charge in [-0.3, -0.25) is 0 Å². The van der Waals surface area contributed by atoms with Gasteiger partial charge in [-0.2, -0.15) is 4.98 Å². The molecule has 1 aliphatic rings. The minimum Gasteiger partial charge on any atom is -0.491 e. The van der Waals surface area contributed by atoms with Gasteiger partial charge in [-0.1, -0.05) is 5.16 Å². The van der Waals surface area contributed by atoms with Crippen molar-refractivity contribution in [2.45, 2.75) is 12.5 Å². The smallest absolute Gasteiger partial charge is 0.350 e. The van der Waals surface area contributed by atoms with Gasteiger partial charge in [0.1, 0.15) is 0 Å². The van der Waals surface area contributed by atoms with Crippen molar-refractivity contribution in [1.82, 2.24) is 4.98 Å². The van der Waals surface area contributed by atoms with Crippen LogP contribution in [0, 0.1) is 0 Å². The summed E-state index contributed by atoms with van der Waals surface area (Å²) in [7, 11) is 5.75. The third-order valence-corrected chi connectivity index (χ3v) is 2.97. The molecule has 0 bridgehead atoms. The quantitative estimate of drug-likeness (QED) is 0.741. The Bertz CT molecular complexity index is 572. The van der Waals surface area contributed by atoms with Crippen LogP contribution >= 0.6 is 0 Å². The molecule has 2 heterocycles. The first kappa shape index (κ1) is 14.9. The number of hydrogen-bond donors (Lipinski definition) is 0. The maximum atomic E-state index is 11.5. The molecule has 21 heavy (non-hydrogen) atoms. The predicted molar refractivity (Wildman–Crippen MR) is 71.9 cm³/mol. The molecule has 2 rings (SSSR count). The fourth-order valence-corrected chi connectivity index (χ4v) is 1.91. The molecule has 0 unspecified atom stereocenters. The number of hydrogen-bond acceptors (Lipinski definition) is 8. The minimum atomic E-state index is -0.761. The van der Waals surface area contributed by atoms with Crippen LogP contribution in [0.15, 0.2) is 11.2 Å². The second-order valence-electron chi connectivity index (χ2n) is 4.12. The van der Waals surface area contributed by atoms with Crippen molar-refractivity contribution < 1.29 is 28.6 Å². The summed E-state index contributed by atoms with van der Waals surface area (Å²) in [6, 6.07) is 1.67. The van der Waals surface area contributed by atoms with Crippen LogP contribution in [-0.4, -0.2) is 51.2 Å². The summed E-state index contributed by atoms with van der Waals surface area (Å²) in [6.45, 7) is 0. The molecule has 0 N–H and O–H groups in total. The summed E-state index contributed by atoms with van der Waals surface area (Å²) >= 11 is 0. The Kier molecular flexibility index (Phi) is 4.46. The first-order valence-corrected chi connectivity index (χ1v) is 6.12. The van der Waals surface area contributed by atoms with Gasteiger partial charge in [0.2, 0.25) is 12.0 Å². The fourth-order valence-electron chi connectivity index (χ4n) is 1.91. The van der Waals surface area contributed by atoms with E-state index in [9.17, 15) is 4.79 Å². The number of ether oxygens (including phenoxy) is 4. The van der Waals surface area contributed by atoms with Crippen molar-refractivity contribution in [3.05, 3.63) is 11.6 Å². The molecule has 1 atom stereocenters. The lowest BCUT2D eigenvalue weighted by atomic mass is 10.1. The first-order chi connectivity index (χ1) is 10.1. The van der Waals surface area contributed by atoms with Crippen LogP contribution in [0.4, 0.5) is 0 Å². The van der Waals surface area contributed by atoms with Gasteiger partial charge >= 0.3 is 5.97 Å². The van der Waals surface area contributed by atoms with Crippen LogP contribution in [0.1, 0.15) is 12.0 Å². The highest BCUT2D eigenvalue weighted by molar-refractivity contribution is 6.05. The molecule has 1 aromatic heterocycles. The molecule has 0 aliphatic carbocycles. The molecule has 8 heteroatoms. The molecule has 8 nitrogen and oxygen atoms in total. The molecule has 0 aromatic carbocycles. The Hall–Kier alpha value is -2.51. The summed E-state index contributed by atoms with van der Waals surface area (Å²) in [6.07, 6.45) is -0.497. The van der Waals surface area contributed by atoms with E-state index >= 15 is 0 Å². The van der Waals surface area contributed by atoms with Crippen molar-refractivity contribution in [2.75, 3.05) is 28.4 Å². The second-order valence-corrected chi connectivity index (χ2v) is 4.12. The average molecular weight is 296 g/mol. The lowest BCUT2D eigenvalue weighted by Crippen LogP contribution is -2.22. The Labute approximate surface area is 121 Å². The first-order valence-electron chi connectivity index (χ1n) is 6.12. The summed E-state index contributed by atoms with van der Waals surface area (Å²) in [5.74, 6) is 0.543. The van der Waals surface area contributed by atoms with Crippen LogP contribution in [0.3, 0.4) is 0 Å². The lowest BCUT2D eigenvalue weighted by Gasteiger charge is -2.12. The van der Waals surface area contributed by atoms with Crippen molar-refractivity contribution in [2.24, 2.45) is 5.16 Å². The summed E-state index contributed by atoms with van der Waals surface area (Å²) in [4.78, 5) is 20.7. The van der Waals surface area contributed by atoms with E-state index in [0.717, 1.165) is 0 Å². The van der Waals surface area contributed by atoms with E-state index in [4.69, 9.17) is 19.0 Å². The van der Waals surface area contributed by atoms with Gasteiger partial charge in [0, 0.05) is 12.5 Å². The Morgan fingerprint density at radius 2 is 1.90 bits per heavy atom. The number of aromatic nitrogens is 1. The monoisotopic (exact) mass is 296 g/mol. The third kappa shape index (κ3) is 2.83. The molecule has 0 radical (unpaired) electrons. The highest BCUT2D eigenvalue weighted by atomic mass is 16.7. The van der Waals surface area contributed by atoms with Crippen molar-refractivity contribution in [3.8, 4) is 17.5 Å². The standard InChI is InChI=1S/C13H16N2O6/c1-17-9-5-7(11(18-2)14-12(9)19-3)8-6-10(21-15-8)13(16)20-4/h5,10H,6H2,1-4H3/t10-/m1/s1. The molecule has 0 amide bonds. The molecule has 114 valence electrons. The fraction of sp³-hybridized carbons (Fsp3) is 0.462. The number of oxime groups is 1. The molecule has 0 spiro atoms. The molecule has 0 saturated heterocycles. The van der Waals surface area contributed by atoms with Gasteiger partial charge in [-0.05, 0) is 0 Å². The summed E-state index contributed by atoms with van der Waals surface area (Å²) in [5.41, 5.74) is 1.09. The van der Waals surface area contributed by atoms with Gasteiger partial charge < -0.3 is 23.8 Å². The molecule has 1 aromatic rings. The van der Waals surface area contributed by atoms with E-state index in [0.29, 0.717) is 28.8 Å². The summed E-state index contributed by atoms with van der Waals surface area (Å²) in [5, 5.41) is 3.90. The zero-order chi connectivity index (χ0) is 15.4. The minimum absolute atomic E-state index is 0.264. The van der Waals surface area contributed by atoms with Gasteiger partial charge in [0.15, 0.2) is 5.75 Å². The summed E-state index contributed by atoms with van der Waals surface area (Å²) < 4.78 is 20.2. The Balaban J connectivity index is 2.34. The van der Waals surface area contributed by atoms with E-state index in [1.54, 1.807) is 6.07 Å². The molecule has 1 aliphatic heterocycles. The largest absolute Gasteiger partial charge is 0.491 e. The number of pyridine rings is 1. The SMILES string of the molecule is COC(=O)[C@H]1CC(c2cc(OC)c(OC)nc2OC)=NO1. The second kappa shape index (κ2) is 6.29. The molecular weight excluding hydrogens is 280 g/mol. The van der Waals surface area contributed by atoms with Crippen molar-refractivity contribution >= 4 is 11.7 Å². The Morgan fingerprint density at radius 1 is 1.19 bits per heavy atom. The van der Waals surface area contributed by atoms with E-state index in [-0.39, 0.29) is 6.42 Å². The number of rotatable bonds is 5. The van der Waals surface area contributed by atoms with E-state index in [1.807, 2.05) is 0 Å². The zero-order valence-electron chi connectivity index (χ0n) is 12.2. The lowest BCUT2D eigenvalue weighted by molar-refractivity contribution is -0.152. The van der Waals surface area contributed by atoms with Gasteiger partial charge in [0.05, 0.1) is 39.7 Å². The van der Waals surface area contributed by atoms with Crippen LogP contribution in [0.2, 0.25) is 0 Å². The third-order valence-electron chi connectivity index (χ3n) is 2.97. The number of esters is 1. The maximum Gasteiger partial charge on any atom is 0.350 e. The van der Waals surface area contributed by atoms with Crippen LogP contribution in [0.5, 0.6) is 17.5 Å². The van der Waals surface area contributed by atoms with E-state index in [2.05, 4.69) is 14.9 Å². The maximum absolute atomic E-state index is 11.5. The molecule has 0 saturated carbocycles. The molecule has 0 fully saturated rings. The predicted octanol–water partition coefficient (Wildman–Crippen LogP) is 0.773. The zero-order valence-corrected chi connectivity index (χ0v) is 12.2. The van der Waals surface area contributed by atoms with Crippen molar-refractivity contribution in [1.29, 1.82) is 0 Å². The van der Waals surface area contributed by atoms with Crippen molar-refractivity contribution in [3.63, 3.8) is 0 Å². The normalized spacial score (nSPS) is 16.8. The average Bonchev–Trinajstić information content (AvgIpc) is 3.02. The topological polar surface area (TPSA) is 88.5 Å². The van der Waals surface area contributed by atoms with E-state index in [1.165, 1.54) is 28.4 Å². The van der Waals surface area contributed by atoms with Gasteiger partial charge in [0.25, 0.3) is 5.88 Å². The van der Waals surface area contributed by atoms with Gasteiger partial charge in [-0.15, -0.1) is 0 Å². The highest BCUT2D eigenvalue weighted by Crippen LogP contribution is 2.33. The Morgan fingerprint density at radius 3 is 2.48 bits per heavy atom. The van der Waals surface area contributed by atoms with Crippen LogP contribution < -0.4 is 14.2 Å². The highest BCUT2D eigenvalue weighted by Gasteiger charge is 2.32. The van der Waals surface area contributed by atoms with E-state index < -0.39 is 12.1 Å². The molecular formula is C13H16N2O6. The van der Waals surface area contributed by atoms with Crippen LogP contribution in [0.25, 0.3) is 0 Å². The number of methoxy groups -OCH3 is 4. The number of nitrogens with zero attached hydrogens (tertiary/aromatic N) is 2. The van der Waals surface area contributed by atoms with Gasteiger partial charge in [-0.25, -0.2) is 4.79 Å².